The summed E-state index contributed by atoms with van der Waals surface area (Å²) in [4.78, 5) is 3.78. The Labute approximate surface area is 119 Å². The van der Waals surface area contributed by atoms with Crippen molar-refractivity contribution >= 4 is 12.6 Å². The number of hydrogen-bond donors (Lipinski definition) is 1. The van der Waals surface area contributed by atoms with E-state index in [4.69, 9.17) is 9.31 Å². The van der Waals surface area contributed by atoms with E-state index in [-0.39, 0.29) is 5.92 Å². The minimum absolute atomic E-state index is 0.151. The molecule has 2 fully saturated rings. The maximum atomic E-state index is 14.1. The summed E-state index contributed by atoms with van der Waals surface area (Å²) in [5.74, 6) is -0.263. The summed E-state index contributed by atoms with van der Waals surface area (Å²) >= 11 is 0. The molecule has 3 heterocycles. The molecule has 20 heavy (non-hydrogen) atoms. The van der Waals surface area contributed by atoms with Crippen LogP contribution in [0.2, 0.25) is 0 Å². The lowest BCUT2D eigenvalue weighted by molar-refractivity contribution is 0.00578. The van der Waals surface area contributed by atoms with Crippen LogP contribution in [0.25, 0.3) is 0 Å². The van der Waals surface area contributed by atoms with Crippen LogP contribution in [0.1, 0.15) is 39.2 Å². The van der Waals surface area contributed by atoms with Crippen LogP contribution in [0, 0.1) is 5.95 Å². The SMILES string of the molecule is CC1(C)OB(c2ccnc(F)c2C2CNC2)OC1(C)C. The van der Waals surface area contributed by atoms with Gasteiger partial charge in [0.15, 0.2) is 0 Å². The van der Waals surface area contributed by atoms with Crippen LogP contribution in [0.5, 0.6) is 0 Å². The van der Waals surface area contributed by atoms with Crippen molar-refractivity contribution in [2.45, 2.75) is 44.8 Å². The van der Waals surface area contributed by atoms with Crippen molar-refractivity contribution < 1.29 is 13.7 Å². The summed E-state index contributed by atoms with van der Waals surface area (Å²) < 4.78 is 26.2. The zero-order valence-corrected chi connectivity index (χ0v) is 12.4. The van der Waals surface area contributed by atoms with E-state index in [1.54, 1.807) is 6.07 Å². The third-order valence-electron chi connectivity index (χ3n) is 4.67. The van der Waals surface area contributed by atoms with Gasteiger partial charge in [0, 0.05) is 30.8 Å². The number of nitrogens with zero attached hydrogens (tertiary/aromatic N) is 1. The fourth-order valence-electron chi connectivity index (χ4n) is 2.53. The summed E-state index contributed by atoms with van der Waals surface area (Å²) in [6, 6.07) is 1.80. The highest BCUT2D eigenvalue weighted by molar-refractivity contribution is 6.62. The predicted octanol–water partition coefficient (Wildman–Crippen LogP) is 1.21. The van der Waals surface area contributed by atoms with Gasteiger partial charge >= 0.3 is 7.12 Å². The second-order valence-corrected chi connectivity index (χ2v) is 6.55. The van der Waals surface area contributed by atoms with Crippen molar-refractivity contribution in [2.75, 3.05) is 13.1 Å². The summed E-state index contributed by atoms with van der Waals surface area (Å²) in [6.07, 6.45) is 1.48. The fourth-order valence-corrected chi connectivity index (χ4v) is 2.53. The lowest BCUT2D eigenvalue weighted by Crippen LogP contribution is -2.46. The number of rotatable bonds is 2. The smallest absolute Gasteiger partial charge is 0.399 e. The van der Waals surface area contributed by atoms with Crippen molar-refractivity contribution in [3.8, 4) is 0 Å². The van der Waals surface area contributed by atoms with E-state index >= 15 is 0 Å². The maximum absolute atomic E-state index is 14.1. The van der Waals surface area contributed by atoms with E-state index in [1.807, 2.05) is 27.7 Å². The lowest BCUT2D eigenvalue weighted by Gasteiger charge is -2.32. The van der Waals surface area contributed by atoms with Gasteiger partial charge in [0.05, 0.1) is 11.2 Å². The highest BCUT2D eigenvalue weighted by Gasteiger charge is 2.52. The molecule has 0 spiro atoms. The van der Waals surface area contributed by atoms with Gasteiger partial charge in [-0.25, -0.2) is 4.98 Å². The second kappa shape index (κ2) is 4.51. The Morgan fingerprint density at radius 2 is 1.85 bits per heavy atom. The first kappa shape index (κ1) is 14.0. The van der Waals surface area contributed by atoms with Crippen LogP contribution < -0.4 is 10.8 Å². The molecule has 0 radical (unpaired) electrons. The molecule has 1 N–H and O–H groups in total. The first-order valence-corrected chi connectivity index (χ1v) is 7.02. The van der Waals surface area contributed by atoms with E-state index in [0.717, 1.165) is 18.6 Å². The van der Waals surface area contributed by atoms with Gasteiger partial charge in [-0.2, -0.15) is 4.39 Å². The van der Waals surface area contributed by atoms with Gasteiger partial charge in [-0.3, -0.25) is 0 Å². The Balaban J connectivity index is 1.97. The minimum Gasteiger partial charge on any atom is -0.399 e. The molecule has 0 bridgehead atoms. The number of nitrogens with one attached hydrogen (secondary N) is 1. The van der Waals surface area contributed by atoms with Crippen LogP contribution in [0.15, 0.2) is 12.3 Å². The second-order valence-electron chi connectivity index (χ2n) is 6.55. The van der Waals surface area contributed by atoms with Gasteiger partial charge in [0.2, 0.25) is 5.95 Å². The van der Waals surface area contributed by atoms with Gasteiger partial charge in [-0.05, 0) is 39.2 Å². The summed E-state index contributed by atoms with van der Waals surface area (Å²) in [5.41, 5.74) is 0.548. The Morgan fingerprint density at radius 3 is 2.35 bits per heavy atom. The first-order chi connectivity index (χ1) is 9.32. The normalized spacial score (nSPS) is 24.8. The predicted molar refractivity (Wildman–Crippen MR) is 75.5 cm³/mol. The molecule has 0 aliphatic carbocycles. The number of halogens is 1. The molecule has 1 aromatic heterocycles. The molecule has 0 atom stereocenters. The van der Waals surface area contributed by atoms with Crippen LogP contribution in [0.4, 0.5) is 4.39 Å². The molecule has 0 saturated carbocycles. The van der Waals surface area contributed by atoms with Gasteiger partial charge in [0.1, 0.15) is 0 Å². The average molecular weight is 278 g/mol. The van der Waals surface area contributed by atoms with Crippen molar-refractivity contribution in [2.24, 2.45) is 0 Å². The molecule has 1 aromatic rings. The largest absolute Gasteiger partial charge is 0.495 e. The standard InChI is InChI=1S/C14H20BFN2O2/c1-13(2)14(3,4)20-15(19-13)10-5-6-18-12(16)11(10)9-7-17-8-9/h5-6,9,17H,7-8H2,1-4H3. The quantitative estimate of drug-likeness (QED) is 0.652. The van der Waals surface area contributed by atoms with E-state index in [0.29, 0.717) is 5.56 Å². The molecule has 3 rings (SSSR count). The van der Waals surface area contributed by atoms with Crippen molar-refractivity contribution in [3.63, 3.8) is 0 Å². The van der Waals surface area contributed by atoms with Crippen molar-refractivity contribution in [1.29, 1.82) is 0 Å². The highest BCUT2D eigenvalue weighted by Crippen LogP contribution is 2.37. The van der Waals surface area contributed by atoms with Gasteiger partial charge in [-0.1, -0.05) is 0 Å². The molecular formula is C14H20BFN2O2. The monoisotopic (exact) mass is 278 g/mol. The fraction of sp³-hybridized carbons (Fsp3) is 0.643. The first-order valence-electron chi connectivity index (χ1n) is 7.02. The zero-order chi connectivity index (χ0) is 14.5. The lowest BCUT2D eigenvalue weighted by atomic mass is 9.72. The molecular weight excluding hydrogens is 258 g/mol. The van der Waals surface area contributed by atoms with E-state index < -0.39 is 24.3 Å². The average Bonchev–Trinajstić information content (AvgIpc) is 2.48. The topological polar surface area (TPSA) is 43.4 Å². The molecule has 2 aliphatic rings. The van der Waals surface area contributed by atoms with E-state index in [9.17, 15) is 4.39 Å². The van der Waals surface area contributed by atoms with Crippen molar-refractivity contribution in [1.82, 2.24) is 10.3 Å². The summed E-state index contributed by atoms with van der Waals surface area (Å²) in [5, 5.41) is 3.16. The summed E-state index contributed by atoms with van der Waals surface area (Å²) in [6.45, 7) is 9.53. The summed E-state index contributed by atoms with van der Waals surface area (Å²) in [7, 11) is -0.534. The van der Waals surface area contributed by atoms with Crippen LogP contribution in [-0.4, -0.2) is 36.4 Å². The Morgan fingerprint density at radius 1 is 1.25 bits per heavy atom. The Kier molecular flexibility index (Phi) is 3.16. The number of hydrogen-bond acceptors (Lipinski definition) is 4. The Hall–Kier alpha value is -0.975. The van der Waals surface area contributed by atoms with Crippen LogP contribution in [0.3, 0.4) is 0 Å². The number of pyridine rings is 1. The molecule has 0 unspecified atom stereocenters. The third kappa shape index (κ3) is 2.06. The molecule has 108 valence electrons. The Bertz CT molecular complexity index is 516. The number of aromatic nitrogens is 1. The van der Waals surface area contributed by atoms with Crippen LogP contribution in [-0.2, 0) is 9.31 Å². The van der Waals surface area contributed by atoms with E-state index in [2.05, 4.69) is 10.3 Å². The van der Waals surface area contributed by atoms with Crippen LogP contribution >= 0.6 is 0 Å². The highest BCUT2D eigenvalue weighted by atomic mass is 19.1. The van der Waals surface area contributed by atoms with Crippen molar-refractivity contribution in [3.05, 3.63) is 23.8 Å². The maximum Gasteiger partial charge on any atom is 0.495 e. The minimum atomic E-state index is -0.534. The van der Waals surface area contributed by atoms with Gasteiger partial charge in [-0.15, -0.1) is 0 Å². The zero-order valence-electron chi connectivity index (χ0n) is 12.4. The molecule has 2 saturated heterocycles. The molecule has 2 aliphatic heterocycles. The van der Waals surface area contributed by atoms with Gasteiger partial charge in [0.25, 0.3) is 0 Å². The molecule has 4 nitrogen and oxygen atoms in total. The molecule has 6 heteroatoms. The van der Waals surface area contributed by atoms with Gasteiger partial charge < -0.3 is 14.6 Å². The van der Waals surface area contributed by atoms with E-state index in [1.165, 1.54) is 6.20 Å². The third-order valence-corrected chi connectivity index (χ3v) is 4.67. The molecule has 0 aromatic carbocycles. The molecule has 0 amide bonds.